The van der Waals surface area contributed by atoms with Crippen LogP contribution < -0.4 is 10.6 Å². The van der Waals surface area contributed by atoms with E-state index < -0.39 is 0 Å². The fourth-order valence-electron chi connectivity index (χ4n) is 2.57. The predicted molar refractivity (Wildman–Crippen MR) is 78.5 cm³/mol. The number of furan rings is 1. The molecule has 7 heteroatoms. The minimum absolute atomic E-state index is 0.0412. The molecule has 2 unspecified atom stereocenters. The highest BCUT2D eigenvalue weighted by molar-refractivity contribution is 5.84. The van der Waals surface area contributed by atoms with Crippen molar-refractivity contribution in [2.24, 2.45) is 9.98 Å². The van der Waals surface area contributed by atoms with E-state index in [2.05, 4.69) is 20.6 Å². The summed E-state index contributed by atoms with van der Waals surface area (Å²) in [6.45, 7) is 1.46. The molecule has 1 aromatic heterocycles. The molecule has 0 bridgehead atoms. The fourth-order valence-corrected chi connectivity index (χ4v) is 2.57. The summed E-state index contributed by atoms with van der Waals surface area (Å²) >= 11 is 0. The molecule has 3 heterocycles. The zero-order valence-corrected chi connectivity index (χ0v) is 11.7. The summed E-state index contributed by atoms with van der Waals surface area (Å²) in [5.41, 5.74) is 0. The first kappa shape index (κ1) is 14.1. The zero-order chi connectivity index (χ0) is 14.7. The number of hydrogen-bond donors (Lipinski definition) is 4. The maximum atomic E-state index is 8.92. The lowest BCUT2D eigenvalue weighted by Gasteiger charge is -2.11. The van der Waals surface area contributed by atoms with E-state index in [0.29, 0.717) is 25.9 Å². The summed E-state index contributed by atoms with van der Waals surface area (Å²) in [6, 6.07) is 3.99. The molecule has 0 spiro atoms. The van der Waals surface area contributed by atoms with Crippen molar-refractivity contribution in [1.29, 1.82) is 0 Å². The predicted octanol–water partition coefficient (Wildman–Crippen LogP) is 0.130. The standard InChI is InChI=1S/C14H20N4O3/c19-5-3-13-15-7-9(17-13)11-1-2-12(21-11)10-8-16-14(18-10)4-6-20/h1-2,9-10,19-20H,3-8H2,(H,15,17)(H,16,18). The van der Waals surface area contributed by atoms with Gasteiger partial charge in [0.1, 0.15) is 23.6 Å². The Morgan fingerprint density at radius 3 is 1.86 bits per heavy atom. The van der Waals surface area contributed by atoms with Gasteiger partial charge in [0.05, 0.1) is 38.0 Å². The summed E-state index contributed by atoms with van der Waals surface area (Å²) in [6.07, 6.45) is 1.10. The van der Waals surface area contributed by atoms with Crippen molar-refractivity contribution in [2.75, 3.05) is 26.3 Å². The Hall–Kier alpha value is -1.86. The number of aliphatic hydroxyl groups excluding tert-OH is 2. The SMILES string of the molecule is OCCC1=NCC(c2ccc(C3CN=C(CCO)N3)o2)N1. The monoisotopic (exact) mass is 292 g/mol. The number of rotatable bonds is 6. The van der Waals surface area contributed by atoms with E-state index in [4.69, 9.17) is 14.6 Å². The maximum Gasteiger partial charge on any atom is 0.128 e. The first-order valence-electron chi connectivity index (χ1n) is 7.21. The van der Waals surface area contributed by atoms with Gasteiger partial charge in [-0.25, -0.2) is 0 Å². The van der Waals surface area contributed by atoms with Crippen molar-refractivity contribution in [1.82, 2.24) is 10.6 Å². The van der Waals surface area contributed by atoms with Gasteiger partial charge in [-0.15, -0.1) is 0 Å². The van der Waals surface area contributed by atoms with Crippen LogP contribution in [-0.2, 0) is 0 Å². The van der Waals surface area contributed by atoms with Crippen LogP contribution in [0.2, 0.25) is 0 Å². The van der Waals surface area contributed by atoms with E-state index in [1.165, 1.54) is 0 Å². The molecule has 0 fully saturated rings. The zero-order valence-electron chi connectivity index (χ0n) is 11.7. The van der Waals surface area contributed by atoms with E-state index in [9.17, 15) is 0 Å². The van der Waals surface area contributed by atoms with Crippen molar-refractivity contribution >= 4 is 11.7 Å². The molecule has 2 atom stereocenters. The summed E-state index contributed by atoms with van der Waals surface area (Å²) in [7, 11) is 0. The number of nitrogens with zero attached hydrogens (tertiary/aromatic N) is 2. The van der Waals surface area contributed by atoms with Crippen molar-refractivity contribution < 1.29 is 14.6 Å². The third-order valence-corrected chi connectivity index (χ3v) is 3.64. The van der Waals surface area contributed by atoms with E-state index in [1.807, 2.05) is 12.1 Å². The minimum atomic E-state index is 0.0412. The molecule has 4 N–H and O–H groups in total. The van der Waals surface area contributed by atoms with E-state index in [0.717, 1.165) is 23.2 Å². The Morgan fingerprint density at radius 2 is 1.43 bits per heavy atom. The van der Waals surface area contributed by atoms with Gasteiger partial charge in [0.15, 0.2) is 0 Å². The minimum Gasteiger partial charge on any atom is -0.462 e. The molecule has 2 aliphatic heterocycles. The number of nitrogens with one attached hydrogen (secondary N) is 2. The molecular formula is C14H20N4O3. The largest absolute Gasteiger partial charge is 0.462 e. The topological polar surface area (TPSA) is 102 Å². The highest BCUT2D eigenvalue weighted by Gasteiger charge is 2.25. The van der Waals surface area contributed by atoms with Crippen LogP contribution in [0.4, 0.5) is 0 Å². The molecule has 21 heavy (non-hydrogen) atoms. The van der Waals surface area contributed by atoms with E-state index in [1.54, 1.807) is 0 Å². The molecule has 0 amide bonds. The van der Waals surface area contributed by atoms with Gasteiger partial charge in [0, 0.05) is 12.8 Å². The fraction of sp³-hybridized carbons (Fsp3) is 0.571. The Bertz CT molecular complexity index is 506. The van der Waals surface area contributed by atoms with Crippen LogP contribution >= 0.6 is 0 Å². The number of aliphatic imine (C=N–C) groups is 2. The molecule has 114 valence electrons. The molecule has 1 aromatic rings. The second kappa shape index (κ2) is 6.28. The van der Waals surface area contributed by atoms with Crippen LogP contribution in [0.3, 0.4) is 0 Å². The summed E-state index contributed by atoms with van der Waals surface area (Å²) in [5, 5.41) is 24.3. The maximum absolute atomic E-state index is 8.92. The van der Waals surface area contributed by atoms with Gasteiger partial charge in [0.25, 0.3) is 0 Å². The van der Waals surface area contributed by atoms with E-state index in [-0.39, 0.29) is 25.3 Å². The second-order valence-electron chi connectivity index (χ2n) is 5.16. The molecule has 0 radical (unpaired) electrons. The number of amidine groups is 2. The Morgan fingerprint density at radius 1 is 0.952 bits per heavy atom. The summed E-state index contributed by atoms with van der Waals surface area (Å²) in [4.78, 5) is 8.69. The third kappa shape index (κ3) is 3.08. The smallest absolute Gasteiger partial charge is 0.128 e. The van der Waals surface area contributed by atoms with Crippen LogP contribution in [0.25, 0.3) is 0 Å². The van der Waals surface area contributed by atoms with Crippen LogP contribution in [0.15, 0.2) is 26.5 Å². The van der Waals surface area contributed by atoms with Crippen molar-refractivity contribution in [3.8, 4) is 0 Å². The van der Waals surface area contributed by atoms with Crippen molar-refractivity contribution in [2.45, 2.75) is 24.9 Å². The highest BCUT2D eigenvalue weighted by Crippen LogP contribution is 2.25. The lowest BCUT2D eigenvalue weighted by molar-refractivity contribution is 0.305. The lowest BCUT2D eigenvalue weighted by Crippen LogP contribution is -2.24. The molecule has 0 aliphatic carbocycles. The van der Waals surface area contributed by atoms with Crippen LogP contribution in [0.1, 0.15) is 36.4 Å². The average Bonchev–Trinajstić information content (AvgIpc) is 3.18. The number of hydrogen-bond acceptors (Lipinski definition) is 7. The summed E-state index contributed by atoms with van der Waals surface area (Å²) < 4.78 is 5.91. The average molecular weight is 292 g/mol. The van der Waals surface area contributed by atoms with Crippen LogP contribution in [-0.4, -0.2) is 48.2 Å². The van der Waals surface area contributed by atoms with Crippen LogP contribution in [0, 0.1) is 0 Å². The van der Waals surface area contributed by atoms with Crippen molar-refractivity contribution in [3.05, 3.63) is 23.7 Å². The molecular weight excluding hydrogens is 272 g/mol. The van der Waals surface area contributed by atoms with E-state index >= 15 is 0 Å². The lowest BCUT2D eigenvalue weighted by atomic mass is 10.2. The van der Waals surface area contributed by atoms with Gasteiger partial charge in [-0.2, -0.15) is 0 Å². The van der Waals surface area contributed by atoms with Gasteiger partial charge in [0.2, 0.25) is 0 Å². The van der Waals surface area contributed by atoms with Gasteiger partial charge in [-0.1, -0.05) is 0 Å². The van der Waals surface area contributed by atoms with Gasteiger partial charge >= 0.3 is 0 Å². The molecule has 0 saturated carbocycles. The molecule has 0 aromatic carbocycles. The first-order chi connectivity index (χ1) is 10.3. The van der Waals surface area contributed by atoms with Gasteiger partial charge in [-0.05, 0) is 12.1 Å². The highest BCUT2D eigenvalue weighted by atomic mass is 16.3. The molecule has 2 aliphatic rings. The third-order valence-electron chi connectivity index (χ3n) is 3.64. The number of aliphatic hydroxyl groups is 2. The normalized spacial score (nSPS) is 24.5. The molecule has 0 saturated heterocycles. The Labute approximate surface area is 122 Å². The second-order valence-corrected chi connectivity index (χ2v) is 5.16. The quantitative estimate of drug-likeness (QED) is 0.597. The van der Waals surface area contributed by atoms with Gasteiger partial charge in [-0.3, -0.25) is 9.98 Å². The summed E-state index contributed by atoms with van der Waals surface area (Å²) in [5.74, 6) is 3.35. The van der Waals surface area contributed by atoms with Crippen molar-refractivity contribution in [3.63, 3.8) is 0 Å². The Kier molecular flexibility index (Phi) is 4.21. The van der Waals surface area contributed by atoms with Crippen LogP contribution in [0.5, 0.6) is 0 Å². The molecule has 7 nitrogen and oxygen atoms in total. The molecule has 3 rings (SSSR count). The first-order valence-corrected chi connectivity index (χ1v) is 7.21. The van der Waals surface area contributed by atoms with Gasteiger partial charge < -0.3 is 25.3 Å². The Balaban J connectivity index is 1.58.